The number of carbonyl (C=O) groups excluding carboxylic acids is 1. The number of carboxylic acids is 1. The van der Waals surface area contributed by atoms with E-state index >= 15 is 0 Å². The number of aliphatic carboxylic acids is 1. The zero-order valence-corrected chi connectivity index (χ0v) is 18.1. The SMILES string of the molecule is CCCCCCCCCCCC(=O)N(C)CC(=O)O.CCN(CC)CC. The van der Waals surface area contributed by atoms with Gasteiger partial charge >= 0.3 is 5.97 Å². The smallest absolute Gasteiger partial charge is 0.323 e. The summed E-state index contributed by atoms with van der Waals surface area (Å²) in [5.41, 5.74) is 0. The van der Waals surface area contributed by atoms with Crippen molar-refractivity contribution in [2.45, 2.75) is 91.9 Å². The molecule has 0 rings (SSSR count). The molecule has 156 valence electrons. The molecule has 0 spiro atoms. The molecule has 0 aromatic rings. The van der Waals surface area contributed by atoms with E-state index in [1.54, 1.807) is 7.05 Å². The van der Waals surface area contributed by atoms with Crippen molar-refractivity contribution in [3.05, 3.63) is 0 Å². The zero-order valence-electron chi connectivity index (χ0n) is 18.1. The highest BCUT2D eigenvalue weighted by molar-refractivity contribution is 5.80. The lowest BCUT2D eigenvalue weighted by Gasteiger charge is -2.14. The number of nitrogens with zero attached hydrogens (tertiary/aromatic N) is 2. The van der Waals surface area contributed by atoms with E-state index in [-0.39, 0.29) is 12.5 Å². The molecule has 0 aromatic heterocycles. The summed E-state index contributed by atoms with van der Waals surface area (Å²) in [5.74, 6) is -1.02. The van der Waals surface area contributed by atoms with Crippen LogP contribution < -0.4 is 0 Å². The second-order valence-corrected chi connectivity index (χ2v) is 6.84. The van der Waals surface area contributed by atoms with Crippen LogP contribution in [0.4, 0.5) is 0 Å². The Kier molecular flexibility index (Phi) is 21.1. The molecular formula is C21H44N2O3. The first kappa shape index (κ1) is 27.1. The fourth-order valence-electron chi connectivity index (χ4n) is 2.74. The monoisotopic (exact) mass is 372 g/mol. The summed E-state index contributed by atoms with van der Waals surface area (Å²) in [6, 6.07) is 0. The van der Waals surface area contributed by atoms with Crippen LogP contribution in [0.15, 0.2) is 0 Å². The maximum absolute atomic E-state index is 11.5. The quantitative estimate of drug-likeness (QED) is 0.420. The van der Waals surface area contributed by atoms with Crippen LogP contribution in [0.5, 0.6) is 0 Å². The van der Waals surface area contributed by atoms with Gasteiger partial charge in [-0.1, -0.05) is 79.1 Å². The van der Waals surface area contributed by atoms with Crippen molar-refractivity contribution >= 4 is 11.9 Å². The topological polar surface area (TPSA) is 60.9 Å². The Hall–Kier alpha value is -1.10. The fourth-order valence-corrected chi connectivity index (χ4v) is 2.74. The van der Waals surface area contributed by atoms with Crippen LogP contribution >= 0.6 is 0 Å². The molecule has 0 radical (unpaired) electrons. The molecule has 26 heavy (non-hydrogen) atoms. The van der Waals surface area contributed by atoms with E-state index in [4.69, 9.17) is 5.11 Å². The van der Waals surface area contributed by atoms with Crippen LogP contribution in [0.3, 0.4) is 0 Å². The molecule has 0 aliphatic heterocycles. The number of hydrogen-bond donors (Lipinski definition) is 1. The summed E-state index contributed by atoms with van der Waals surface area (Å²) < 4.78 is 0. The van der Waals surface area contributed by atoms with Gasteiger partial charge in [-0.05, 0) is 26.1 Å². The number of likely N-dealkylation sites (N-methyl/N-ethyl adjacent to an activating group) is 1. The van der Waals surface area contributed by atoms with Gasteiger partial charge in [0.15, 0.2) is 0 Å². The molecule has 0 aromatic carbocycles. The minimum Gasteiger partial charge on any atom is -0.480 e. The summed E-state index contributed by atoms with van der Waals surface area (Å²) in [4.78, 5) is 25.7. The van der Waals surface area contributed by atoms with E-state index in [2.05, 4.69) is 32.6 Å². The number of rotatable bonds is 15. The van der Waals surface area contributed by atoms with Gasteiger partial charge in [-0.25, -0.2) is 0 Å². The van der Waals surface area contributed by atoms with Crippen LogP contribution in [0.1, 0.15) is 91.9 Å². The van der Waals surface area contributed by atoms with Crippen LogP contribution in [-0.4, -0.2) is 60.0 Å². The van der Waals surface area contributed by atoms with Crippen LogP contribution in [0, 0.1) is 0 Å². The van der Waals surface area contributed by atoms with Crippen molar-refractivity contribution in [2.75, 3.05) is 33.2 Å². The van der Waals surface area contributed by atoms with Gasteiger partial charge in [0.1, 0.15) is 6.54 Å². The fraction of sp³-hybridized carbons (Fsp3) is 0.905. The van der Waals surface area contributed by atoms with E-state index in [1.165, 1.54) is 69.5 Å². The number of carboxylic acid groups (broad SMARTS) is 1. The van der Waals surface area contributed by atoms with Gasteiger partial charge in [0.2, 0.25) is 5.91 Å². The Morgan fingerprint density at radius 3 is 1.50 bits per heavy atom. The van der Waals surface area contributed by atoms with Crippen molar-refractivity contribution in [3.63, 3.8) is 0 Å². The number of amides is 1. The van der Waals surface area contributed by atoms with E-state index in [0.717, 1.165) is 12.8 Å². The lowest BCUT2D eigenvalue weighted by atomic mass is 10.1. The molecule has 0 atom stereocenters. The summed E-state index contributed by atoms with van der Waals surface area (Å²) in [7, 11) is 1.55. The van der Waals surface area contributed by atoms with Gasteiger partial charge in [-0.15, -0.1) is 0 Å². The predicted octanol–water partition coefficient (Wildman–Crippen LogP) is 4.80. The first-order chi connectivity index (χ1) is 12.4. The molecule has 0 aliphatic rings. The zero-order chi connectivity index (χ0) is 20.2. The van der Waals surface area contributed by atoms with Gasteiger partial charge in [-0.3, -0.25) is 9.59 Å². The van der Waals surface area contributed by atoms with Gasteiger partial charge < -0.3 is 14.9 Å². The van der Waals surface area contributed by atoms with E-state index in [0.29, 0.717) is 6.42 Å². The number of unbranched alkanes of at least 4 members (excludes halogenated alkanes) is 8. The Bertz CT molecular complexity index is 326. The van der Waals surface area contributed by atoms with E-state index in [9.17, 15) is 9.59 Å². The van der Waals surface area contributed by atoms with Crippen molar-refractivity contribution in [1.29, 1.82) is 0 Å². The van der Waals surface area contributed by atoms with E-state index in [1.807, 2.05) is 0 Å². The molecule has 1 amide bonds. The first-order valence-electron chi connectivity index (χ1n) is 10.6. The predicted molar refractivity (Wildman–Crippen MR) is 111 cm³/mol. The van der Waals surface area contributed by atoms with Gasteiger partial charge in [0.05, 0.1) is 0 Å². The maximum Gasteiger partial charge on any atom is 0.323 e. The first-order valence-corrected chi connectivity index (χ1v) is 10.6. The average Bonchev–Trinajstić information content (AvgIpc) is 2.61. The number of carbonyl (C=O) groups is 2. The third kappa shape index (κ3) is 19.2. The van der Waals surface area contributed by atoms with Gasteiger partial charge in [0.25, 0.3) is 0 Å². The van der Waals surface area contributed by atoms with Crippen molar-refractivity contribution in [1.82, 2.24) is 9.80 Å². The summed E-state index contributed by atoms with van der Waals surface area (Å²) in [6.45, 7) is 12.1. The van der Waals surface area contributed by atoms with Gasteiger partial charge in [0, 0.05) is 13.5 Å². The second kappa shape index (κ2) is 20.2. The minimum absolute atomic E-state index is 0.0645. The van der Waals surface area contributed by atoms with Crippen LogP contribution in [-0.2, 0) is 9.59 Å². The maximum atomic E-state index is 11.5. The summed E-state index contributed by atoms with van der Waals surface area (Å²) in [5, 5.41) is 8.57. The third-order valence-electron chi connectivity index (χ3n) is 4.63. The molecule has 5 nitrogen and oxygen atoms in total. The molecule has 0 saturated carbocycles. The molecule has 0 unspecified atom stereocenters. The molecule has 1 N–H and O–H groups in total. The Morgan fingerprint density at radius 1 is 0.731 bits per heavy atom. The lowest BCUT2D eigenvalue weighted by Crippen LogP contribution is -2.31. The van der Waals surface area contributed by atoms with E-state index < -0.39 is 5.97 Å². The highest BCUT2D eigenvalue weighted by Crippen LogP contribution is 2.10. The molecule has 0 bridgehead atoms. The normalized spacial score (nSPS) is 10.4. The molecular weight excluding hydrogens is 328 g/mol. The Morgan fingerprint density at radius 2 is 1.15 bits per heavy atom. The molecule has 5 heteroatoms. The van der Waals surface area contributed by atoms with Gasteiger partial charge in [-0.2, -0.15) is 0 Å². The van der Waals surface area contributed by atoms with Crippen LogP contribution in [0.2, 0.25) is 0 Å². The second-order valence-electron chi connectivity index (χ2n) is 6.84. The number of hydrogen-bond acceptors (Lipinski definition) is 3. The molecule has 0 heterocycles. The van der Waals surface area contributed by atoms with Crippen molar-refractivity contribution in [2.24, 2.45) is 0 Å². The molecule has 0 fully saturated rings. The van der Waals surface area contributed by atoms with Crippen LogP contribution in [0.25, 0.3) is 0 Å². The standard InChI is InChI=1S/C15H29NO3.C6H15N/c1-3-4-5-6-7-8-9-10-11-12-14(17)16(2)13-15(18)19;1-4-7(5-2)6-3/h3-13H2,1-2H3,(H,18,19);4-6H2,1-3H3. The molecule has 0 aliphatic carbocycles. The highest BCUT2D eigenvalue weighted by atomic mass is 16.4. The Labute approximate surface area is 162 Å². The minimum atomic E-state index is -0.956. The average molecular weight is 373 g/mol. The van der Waals surface area contributed by atoms with Crippen molar-refractivity contribution in [3.8, 4) is 0 Å². The molecule has 0 saturated heterocycles. The Balaban J connectivity index is 0. The summed E-state index contributed by atoms with van der Waals surface area (Å²) in [6.07, 6.45) is 11.4. The highest BCUT2D eigenvalue weighted by Gasteiger charge is 2.10. The third-order valence-corrected chi connectivity index (χ3v) is 4.63. The largest absolute Gasteiger partial charge is 0.480 e. The lowest BCUT2D eigenvalue weighted by molar-refractivity contribution is -0.143. The van der Waals surface area contributed by atoms with Crippen molar-refractivity contribution < 1.29 is 14.7 Å². The summed E-state index contributed by atoms with van der Waals surface area (Å²) >= 11 is 0.